The van der Waals surface area contributed by atoms with Crippen molar-refractivity contribution in [3.8, 4) is 0 Å². The Labute approximate surface area is 79.5 Å². The van der Waals surface area contributed by atoms with E-state index in [-0.39, 0.29) is 11.9 Å². The fraction of sp³-hybridized carbons (Fsp3) is 0.889. The van der Waals surface area contributed by atoms with Gasteiger partial charge in [0.1, 0.15) is 0 Å². The average Bonchev–Trinajstić information content (AvgIpc) is 2.46. The summed E-state index contributed by atoms with van der Waals surface area (Å²) in [6.07, 6.45) is 1.88. The number of carbonyl (C=O) groups excluding carboxylic acids is 1. The molecule has 1 saturated heterocycles. The smallest absolute Gasteiger partial charge is 0.234 e. The molecule has 0 bridgehead atoms. The Balaban J connectivity index is 2.34. The fourth-order valence-electron chi connectivity index (χ4n) is 1.76. The molecule has 0 aromatic carbocycles. The van der Waals surface area contributed by atoms with Crippen molar-refractivity contribution >= 4 is 5.91 Å². The molecule has 0 saturated carbocycles. The third kappa shape index (κ3) is 2.97. The summed E-state index contributed by atoms with van der Waals surface area (Å²) in [5, 5.41) is 3.28. The molecule has 1 fully saturated rings. The number of nitrogens with two attached hydrogens (primary N) is 1. The Morgan fingerprint density at radius 1 is 1.77 bits per heavy atom. The molecule has 76 valence electrons. The molecule has 3 N–H and O–H groups in total. The molecule has 0 spiro atoms. The minimum atomic E-state index is -0.239. The maximum Gasteiger partial charge on any atom is 0.234 e. The van der Waals surface area contributed by atoms with Crippen molar-refractivity contribution in [2.75, 3.05) is 20.1 Å². The highest BCUT2D eigenvalue weighted by atomic mass is 16.1. The van der Waals surface area contributed by atoms with Gasteiger partial charge in [0.15, 0.2) is 0 Å². The van der Waals surface area contributed by atoms with Crippen molar-refractivity contribution in [1.82, 2.24) is 10.2 Å². The molecular formula is C9H19N3O. The molecule has 0 aromatic rings. The fourth-order valence-corrected chi connectivity index (χ4v) is 1.76. The zero-order chi connectivity index (χ0) is 9.84. The largest absolute Gasteiger partial charge is 0.368 e. The molecule has 1 amide bonds. The summed E-state index contributed by atoms with van der Waals surface area (Å²) in [6, 6.07) is 0.277. The predicted molar refractivity (Wildman–Crippen MR) is 52.3 cm³/mol. The predicted octanol–water partition coefficient (Wildman–Crippen LogP) is -0.456. The van der Waals surface area contributed by atoms with Gasteiger partial charge in [-0.2, -0.15) is 0 Å². The van der Waals surface area contributed by atoms with Crippen molar-refractivity contribution in [3.63, 3.8) is 0 Å². The van der Waals surface area contributed by atoms with Crippen molar-refractivity contribution < 1.29 is 4.79 Å². The van der Waals surface area contributed by atoms with Crippen molar-refractivity contribution in [2.24, 2.45) is 5.73 Å². The summed E-state index contributed by atoms with van der Waals surface area (Å²) < 4.78 is 0. The first-order valence-corrected chi connectivity index (χ1v) is 4.87. The van der Waals surface area contributed by atoms with Gasteiger partial charge in [-0.3, -0.25) is 4.79 Å². The third-order valence-electron chi connectivity index (χ3n) is 2.58. The Morgan fingerprint density at radius 2 is 2.46 bits per heavy atom. The molecule has 2 unspecified atom stereocenters. The molecule has 1 heterocycles. The maximum atomic E-state index is 10.9. The Morgan fingerprint density at radius 3 is 2.85 bits per heavy atom. The highest BCUT2D eigenvalue weighted by molar-refractivity contribution is 5.79. The van der Waals surface area contributed by atoms with E-state index >= 15 is 0 Å². The third-order valence-corrected chi connectivity index (χ3v) is 2.58. The maximum absolute atomic E-state index is 10.9. The topological polar surface area (TPSA) is 58.4 Å². The molecule has 13 heavy (non-hydrogen) atoms. The van der Waals surface area contributed by atoms with E-state index in [4.69, 9.17) is 5.73 Å². The highest BCUT2D eigenvalue weighted by Crippen LogP contribution is 2.07. The Hall–Kier alpha value is -0.610. The minimum Gasteiger partial charge on any atom is -0.368 e. The minimum absolute atomic E-state index is 0.156. The van der Waals surface area contributed by atoms with Gasteiger partial charge in [0.05, 0.1) is 6.04 Å². The number of amides is 1. The second kappa shape index (κ2) is 4.58. The van der Waals surface area contributed by atoms with Crippen LogP contribution in [0.2, 0.25) is 0 Å². The zero-order valence-corrected chi connectivity index (χ0v) is 8.42. The van der Waals surface area contributed by atoms with Gasteiger partial charge in [0.2, 0.25) is 5.91 Å². The second-order valence-electron chi connectivity index (χ2n) is 3.78. The van der Waals surface area contributed by atoms with Gasteiger partial charge in [0.25, 0.3) is 0 Å². The summed E-state index contributed by atoms with van der Waals surface area (Å²) >= 11 is 0. The van der Waals surface area contributed by atoms with Crippen molar-refractivity contribution in [3.05, 3.63) is 0 Å². The lowest BCUT2D eigenvalue weighted by atomic mass is 10.1. The molecule has 2 atom stereocenters. The number of likely N-dealkylation sites (tertiary alicyclic amines) is 1. The number of hydrogen-bond acceptors (Lipinski definition) is 3. The van der Waals surface area contributed by atoms with Crippen LogP contribution in [0.5, 0.6) is 0 Å². The monoisotopic (exact) mass is 185 g/mol. The van der Waals surface area contributed by atoms with Crippen LogP contribution in [0.4, 0.5) is 0 Å². The summed E-state index contributed by atoms with van der Waals surface area (Å²) in [7, 11) is 2.09. The molecule has 1 aliphatic heterocycles. The van der Waals surface area contributed by atoms with E-state index in [1.165, 1.54) is 0 Å². The van der Waals surface area contributed by atoms with E-state index in [2.05, 4.69) is 17.3 Å². The summed E-state index contributed by atoms with van der Waals surface area (Å²) in [4.78, 5) is 13.2. The highest BCUT2D eigenvalue weighted by Gasteiger charge is 2.23. The average molecular weight is 185 g/mol. The van der Waals surface area contributed by atoms with Gasteiger partial charge < -0.3 is 16.0 Å². The van der Waals surface area contributed by atoms with Gasteiger partial charge in [-0.25, -0.2) is 0 Å². The van der Waals surface area contributed by atoms with Crippen molar-refractivity contribution in [1.29, 1.82) is 0 Å². The Kier molecular flexibility index (Phi) is 3.69. The standard InChI is InChI=1S/C9H19N3O/c1-3-8(9(10)13)11-7-4-5-12(2)6-7/h7-8,11H,3-6H2,1-2H3,(H2,10,13). The SMILES string of the molecule is CCC(NC1CCN(C)C1)C(N)=O. The second-order valence-corrected chi connectivity index (χ2v) is 3.78. The van der Waals surface area contributed by atoms with Crippen LogP contribution in [0.15, 0.2) is 0 Å². The van der Waals surface area contributed by atoms with Crippen LogP contribution in [0.3, 0.4) is 0 Å². The molecule has 1 rings (SSSR count). The van der Waals surface area contributed by atoms with E-state index < -0.39 is 0 Å². The van der Waals surface area contributed by atoms with E-state index in [9.17, 15) is 4.79 Å². The van der Waals surface area contributed by atoms with Crippen molar-refractivity contribution in [2.45, 2.75) is 31.8 Å². The molecule has 0 radical (unpaired) electrons. The van der Waals surface area contributed by atoms with Crippen LogP contribution in [-0.4, -0.2) is 43.0 Å². The first kappa shape index (κ1) is 10.5. The summed E-state index contributed by atoms with van der Waals surface area (Å²) in [5.41, 5.74) is 5.24. The zero-order valence-electron chi connectivity index (χ0n) is 8.42. The van der Waals surface area contributed by atoms with Crippen LogP contribution in [0, 0.1) is 0 Å². The van der Waals surface area contributed by atoms with E-state index in [1.807, 2.05) is 6.92 Å². The Bertz CT molecular complexity index is 184. The van der Waals surface area contributed by atoms with Gasteiger partial charge >= 0.3 is 0 Å². The summed E-state index contributed by atoms with van der Waals surface area (Å²) in [6.45, 7) is 4.09. The van der Waals surface area contributed by atoms with Crippen LogP contribution in [-0.2, 0) is 4.79 Å². The number of nitrogens with one attached hydrogen (secondary N) is 1. The van der Waals surface area contributed by atoms with E-state index in [0.29, 0.717) is 6.04 Å². The van der Waals surface area contributed by atoms with Gasteiger partial charge in [-0.05, 0) is 26.4 Å². The van der Waals surface area contributed by atoms with Crippen LogP contribution in [0.25, 0.3) is 0 Å². The molecule has 0 aromatic heterocycles. The first-order chi connectivity index (χ1) is 6.13. The number of hydrogen-bond donors (Lipinski definition) is 2. The normalized spacial score (nSPS) is 26.2. The van der Waals surface area contributed by atoms with Crippen LogP contribution < -0.4 is 11.1 Å². The van der Waals surface area contributed by atoms with E-state index in [0.717, 1.165) is 25.9 Å². The van der Waals surface area contributed by atoms with Gasteiger partial charge in [0, 0.05) is 12.6 Å². The molecular weight excluding hydrogens is 166 g/mol. The lowest BCUT2D eigenvalue weighted by Crippen LogP contribution is -2.46. The number of rotatable bonds is 4. The van der Waals surface area contributed by atoms with Gasteiger partial charge in [-0.15, -0.1) is 0 Å². The first-order valence-electron chi connectivity index (χ1n) is 4.87. The number of carbonyl (C=O) groups is 1. The molecule has 4 heteroatoms. The van der Waals surface area contributed by atoms with Crippen LogP contribution in [0.1, 0.15) is 19.8 Å². The quantitative estimate of drug-likeness (QED) is 0.623. The van der Waals surface area contributed by atoms with Gasteiger partial charge in [-0.1, -0.05) is 6.92 Å². The molecule has 4 nitrogen and oxygen atoms in total. The number of likely N-dealkylation sites (N-methyl/N-ethyl adjacent to an activating group) is 1. The molecule has 1 aliphatic rings. The molecule has 0 aliphatic carbocycles. The number of primary amides is 1. The number of nitrogens with zero attached hydrogens (tertiary/aromatic N) is 1. The lowest BCUT2D eigenvalue weighted by molar-refractivity contribution is -0.120. The van der Waals surface area contributed by atoms with E-state index in [1.54, 1.807) is 0 Å². The van der Waals surface area contributed by atoms with Crippen LogP contribution >= 0.6 is 0 Å². The summed E-state index contributed by atoms with van der Waals surface area (Å²) in [5.74, 6) is -0.239. The lowest BCUT2D eigenvalue weighted by Gasteiger charge is -2.18.